The standard InChI is InChI=1S/C70H46N6/c1-43-16-33-66-59(36-43)55-10-4-7-13-63(55)74(66)52-27-21-46(22-28-52)62-40-58(49-19-20-50(41-71)51(39-49)42-72)69(47-23-29-53(30-24-47)75-64-14-8-5-11-56(64)60-37-44(2)17-34-67(60)75)70(73-62)48-25-31-54(32-26-48)76-65-15-9-6-12-57(65)61-38-45(3)18-35-68(61)76/h4-40H,1-3H3. The Morgan fingerprint density at radius 3 is 1.14 bits per heavy atom. The highest BCUT2D eigenvalue weighted by atomic mass is 15.0. The number of nitriles is 2. The van der Waals surface area contributed by atoms with E-state index in [1.54, 1.807) is 6.07 Å². The fourth-order valence-electron chi connectivity index (χ4n) is 11.7. The van der Waals surface area contributed by atoms with E-state index in [1.807, 2.05) is 12.1 Å². The van der Waals surface area contributed by atoms with Crippen molar-refractivity contribution in [1.29, 1.82) is 10.5 Å². The average Bonchev–Trinajstić information content (AvgIpc) is 4.14. The van der Waals surface area contributed by atoms with Crippen LogP contribution in [0.25, 0.3) is 127 Å². The molecule has 4 aromatic heterocycles. The van der Waals surface area contributed by atoms with Crippen LogP contribution in [0.3, 0.4) is 0 Å². The maximum Gasteiger partial charge on any atom is 0.101 e. The molecule has 0 bridgehead atoms. The Labute approximate surface area is 439 Å². The smallest absolute Gasteiger partial charge is 0.101 e. The first kappa shape index (κ1) is 44.4. The average molecular weight is 971 g/mol. The van der Waals surface area contributed by atoms with Crippen molar-refractivity contribution in [2.75, 3.05) is 0 Å². The van der Waals surface area contributed by atoms with Gasteiger partial charge in [0.15, 0.2) is 0 Å². The molecule has 0 radical (unpaired) electrons. The number of hydrogen-bond donors (Lipinski definition) is 0. The number of pyridine rings is 1. The second kappa shape index (κ2) is 17.5. The summed E-state index contributed by atoms with van der Waals surface area (Å²) in [6.07, 6.45) is 0. The zero-order valence-electron chi connectivity index (χ0n) is 42.0. The van der Waals surface area contributed by atoms with E-state index in [0.29, 0.717) is 11.1 Å². The summed E-state index contributed by atoms with van der Waals surface area (Å²) in [5.41, 5.74) is 21.4. The molecule has 0 saturated heterocycles. The highest BCUT2D eigenvalue weighted by Crippen LogP contribution is 2.44. The normalized spacial score (nSPS) is 11.6. The predicted octanol–water partition coefficient (Wildman–Crippen LogP) is 17.7. The molecule has 0 N–H and O–H groups in total. The summed E-state index contributed by atoms with van der Waals surface area (Å²) < 4.78 is 7.03. The number of fused-ring (bicyclic) bond motifs is 9. The Balaban J connectivity index is 0.987. The number of rotatable bonds is 7. The van der Waals surface area contributed by atoms with Crippen molar-refractivity contribution in [2.24, 2.45) is 0 Å². The minimum Gasteiger partial charge on any atom is -0.309 e. The largest absolute Gasteiger partial charge is 0.309 e. The molecule has 0 saturated carbocycles. The molecule has 0 unspecified atom stereocenters. The van der Waals surface area contributed by atoms with Gasteiger partial charge in [-0.05, 0) is 147 Å². The summed E-state index contributed by atoms with van der Waals surface area (Å²) in [7, 11) is 0. The lowest BCUT2D eigenvalue weighted by Gasteiger charge is -2.19. The molecule has 0 aliphatic heterocycles. The van der Waals surface area contributed by atoms with Crippen molar-refractivity contribution >= 4 is 65.4 Å². The van der Waals surface area contributed by atoms with Crippen LogP contribution < -0.4 is 0 Å². The zero-order valence-corrected chi connectivity index (χ0v) is 42.0. The van der Waals surface area contributed by atoms with Crippen LogP contribution in [0.5, 0.6) is 0 Å². The third kappa shape index (κ3) is 7.04. The molecule has 14 rings (SSSR count). The highest BCUT2D eigenvalue weighted by molar-refractivity contribution is 6.12. The van der Waals surface area contributed by atoms with Gasteiger partial charge in [-0.1, -0.05) is 132 Å². The highest BCUT2D eigenvalue weighted by Gasteiger charge is 2.22. The minimum absolute atomic E-state index is 0.319. The minimum atomic E-state index is 0.319. The van der Waals surface area contributed by atoms with Crippen LogP contribution in [0.4, 0.5) is 0 Å². The molecule has 0 aliphatic rings. The van der Waals surface area contributed by atoms with E-state index >= 15 is 0 Å². The fraction of sp³-hybridized carbons (Fsp3) is 0.0429. The van der Waals surface area contributed by atoms with Crippen LogP contribution in [0.2, 0.25) is 0 Å². The quantitative estimate of drug-likeness (QED) is 0.160. The van der Waals surface area contributed by atoms with Crippen LogP contribution in [0, 0.1) is 43.4 Å². The number of aryl methyl sites for hydroxylation is 3. The van der Waals surface area contributed by atoms with E-state index in [-0.39, 0.29) is 0 Å². The first-order valence-electron chi connectivity index (χ1n) is 25.6. The van der Waals surface area contributed by atoms with E-state index in [2.05, 4.69) is 253 Å². The van der Waals surface area contributed by atoms with Crippen molar-refractivity contribution in [3.8, 4) is 74.0 Å². The SMILES string of the molecule is Cc1ccc2c(c1)c1ccccc1n2-c1ccc(-c2cc(-c3ccc(C#N)c(C#N)c3)c(-c3ccc(-n4c5ccccc5c5cc(C)ccc54)cc3)c(-c3ccc(-n4c5ccccc5c5cc(C)ccc54)cc3)n2)cc1. The third-order valence-corrected chi connectivity index (χ3v) is 15.3. The molecule has 6 heteroatoms. The Hall–Kier alpha value is -10.3. The first-order valence-corrected chi connectivity index (χ1v) is 25.6. The van der Waals surface area contributed by atoms with Gasteiger partial charge in [-0.2, -0.15) is 10.5 Å². The van der Waals surface area contributed by atoms with Gasteiger partial charge in [0.25, 0.3) is 0 Å². The topological polar surface area (TPSA) is 75.3 Å². The maximum absolute atomic E-state index is 10.4. The maximum atomic E-state index is 10.4. The van der Waals surface area contributed by atoms with Gasteiger partial charge in [0.1, 0.15) is 12.1 Å². The first-order chi connectivity index (χ1) is 37.3. The van der Waals surface area contributed by atoms with Crippen LogP contribution in [-0.4, -0.2) is 18.7 Å². The summed E-state index contributed by atoms with van der Waals surface area (Å²) in [4.78, 5) is 5.68. The molecule has 356 valence electrons. The number of hydrogen-bond acceptors (Lipinski definition) is 3. The van der Waals surface area contributed by atoms with E-state index < -0.39 is 0 Å². The van der Waals surface area contributed by atoms with Crippen molar-refractivity contribution in [3.05, 3.63) is 252 Å². The summed E-state index contributed by atoms with van der Waals surface area (Å²) in [6, 6.07) is 84.3. The Morgan fingerprint density at radius 1 is 0.329 bits per heavy atom. The van der Waals surface area contributed by atoms with Gasteiger partial charge >= 0.3 is 0 Å². The third-order valence-electron chi connectivity index (χ3n) is 15.3. The summed E-state index contributed by atoms with van der Waals surface area (Å²) in [6.45, 7) is 6.43. The Kier molecular flexibility index (Phi) is 10.2. The van der Waals surface area contributed by atoms with Crippen LogP contribution in [0.15, 0.2) is 224 Å². The van der Waals surface area contributed by atoms with E-state index in [0.717, 1.165) is 94.9 Å². The van der Waals surface area contributed by atoms with Crippen molar-refractivity contribution in [1.82, 2.24) is 18.7 Å². The lowest BCUT2D eigenvalue weighted by Crippen LogP contribution is -2.00. The van der Waals surface area contributed by atoms with E-state index in [4.69, 9.17) is 4.98 Å². The van der Waals surface area contributed by atoms with Crippen LogP contribution in [0.1, 0.15) is 27.8 Å². The summed E-state index contributed by atoms with van der Waals surface area (Å²) in [5.74, 6) is 0. The van der Waals surface area contributed by atoms with Crippen molar-refractivity contribution in [2.45, 2.75) is 20.8 Å². The molecule has 0 fully saturated rings. The van der Waals surface area contributed by atoms with E-state index in [1.165, 1.54) is 49.0 Å². The van der Waals surface area contributed by atoms with Gasteiger partial charge < -0.3 is 13.7 Å². The monoisotopic (exact) mass is 970 g/mol. The Bertz CT molecular complexity index is 4780. The Morgan fingerprint density at radius 2 is 0.711 bits per heavy atom. The molecule has 4 heterocycles. The van der Waals surface area contributed by atoms with Crippen LogP contribution >= 0.6 is 0 Å². The van der Waals surface area contributed by atoms with Crippen molar-refractivity contribution < 1.29 is 0 Å². The molecule has 76 heavy (non-hydrogen) atoms. The summed E-state index contributed by atoms with van der Waals surface area (Å²) in [5, 5.41) is 27.8. The molecule has 0 spiro atoms. The molecular formula is C70H46N6. The molecule has 14 aromatic rings. The molecule has 0 atom stereocenters. The van der Waals surface area contributed by atoms with Crippen LogP contribution in [-0.2, 0) is 0 Å². The van der Waals surface area contributed by atoms with Crippen molar-refractivity contribution in [3.63, 3.8) is 0 Å². The van der Waals surface area contributed by atoms with Gasteiger partial charge in [0.2, 0.25) is 0 Å². The van der Waals surface area contributed by atoms with Gasteiger partial charge in [0, 0.05) is 66.1 Å². The molecule has 0 amide bonds. The molecule has 10 aromatic carbocycles. The lowest BCUT2D eigenvalue weighted by atomic mass is 9.88. The number of benzene rings is 10. The number of para-hydroxylation sites is 3. The van der Waals surface area contributed by atoms with Gasteiger partial charge in [0.05, 0.1) is 55.6 Å². The van der Waals surface area contributed by atoms with Gasteiger partial charge in [-0.15, -0.1) is 0 Å². The van der Waals surface area contributed by atoms with Gasteiger partial charge in [-0.3, -0.25) is 0 Å². The fourth-order valence-corrected chi connectivity index (χ4v) is 11.7. The number of aromatic nitrogens is 4. The lowest BCUT2D eigenvalue weighted by molar-refractivity contribution is 1.17. The second-order valence-electron chi connectivity index (χ2n) is 20.0. The molecule has 6 nitrogen and oxygen atoms in total. The summed E-state index contributed by atoms with van der Waals surface area (Å²) >= 11 is 0. The second-order valence-corrected chi connectivity index (χ2v) is 20.0. The zero-order chi connectivity index (χ0) is 51.2. The number of nitrogens with zero attached hydrogens (tertiary/aromatic N) is 6. The predicted molar refractivity (Wildman–Crippen MR) is 313 cm³/mol. The molecular weight excluding hydrogens is 925 g/mol. The molecule has 0 aliphatic carbocycles. The van der Waals surface area contributed by atoms with E-state index in [9.17, 15) is 10.5 Å². The van der Waals surface area contributed by atoms with Gasteiger partial charge in [-0.25, -0.2) is 4.98 Å².